The zero-order valence-electron chi connectivity index (χ0n) is 10.3. The van der Waals surface area contributed by atoms with E-state index in [0.29, 0.717) is 6.42 Å². The van der Waals surface area contributed by atoms with Crippen LogP contribution >= 0.6 is 0 Å². The van der Waals surface area contributed by atoms with Gasteiger partial charge in [0.25, 0.3) is 0 Å². The predicted molar refractivity (Wildman–Crippen MR) is 69.8 cm³/mol. The van der Waals surface area contributed by atoms with Crippen molar-refractivity contribution in [3.8, 4) is 0 Å². The van der Waals surface area contributed by atoms with Gasteiger partial charge in [-0.3, -0.25) is 9.59 Å². The van der Waals surface area contributed by atoms with Gasteiger partial charge in [-0.15, -0.1) is 0 Å². The third kappa shape index (κ3) is 5.11. The summed E-state index contributed by atoms with van der Waals surface area (Å²) < 4.78 is 0. The zero-order chi connectivity index (χ0) is 12.7. The topological polar surface area (TPSA) is 98.2 Å². The van der Waals surface area contributed by atoms with E-state index in [1.807, 2.05) is 20.8 Å². The van der Waals surface area contributed by atoms with Crippen molar-refractivity contribution in [1.29, 1.82) is 0 Å². The minimum atomic E-state index is -0.639. The molecule has 0 aromatic heterocycles. The Bertz CT molecular complexity index is 253. The van der Waals surface area contributed by atoms with Gasteiger partial charge in [0.1, 0.15) is 6.04 Å². The molecule has 16 heavy (non-hydrogen) atoms. The van der Waals surface area contributed by atoms with Gasteiger partial charge in [-0.1, -0.05) is 33.6 Å². The van der Waals surface area contributed by atoms with Gasteiger partial charge >= 0.3 is 0 Å². The molecule has 5 heteroatoms. The molecule has 0 aliphatic carbocycles. The first-order valence-electron chi connectivity index (χ1n) is 5.75. The summed E-state index contributed by atoms with van der Waals surface area (Å²) >= 11 is 0. The number of unbranched alkanes of at least 4 members (excludes halogenated alkanes) is 1. The van der Waals surface area contributed by atoms with Gasteiger partial charge in [-0.05, 0) is 12.3 Å². The summed E-state index contributed by atoms with van der Waals surface area (Å²) in [5.41, 5.74) is 10.9. The second kappa shape index (κ2) is 7.22. The van der Waals surface area contributed by atoms with Gasteiger partial charge in [0.2, 0.25) is 11.8 Å². The molecule has 0 rings (SSSR count). The Balaban J connectivity index is -0.000000375. The third-order valence-electron chi connectivity index (χ3n) is 2.48. The number of carbonyl (C=O) groups is 2. The summed E-state index contributed by atoms with van der Waals surface area (Å²) in [4.78, 5) is 22.7. The van der Waals surface area contributed by atoms with Crippen LogP contribution in [0.3, 0.4) is 0 Å². The summed E-state index contributed by atoms with van der Waals surface area (Å²) in [5, 5.41) is 2.59. The molecule has 0 saturated heterocycles. The van der Waals surface area contributed by atoms with Crippen LogP contribution in [0.25, 0.3) is 0 Å². The highest BCUT2D eigenvalue weighted by atomic mass is 16.2. The van der Waals surface area contributed by atoms with Crippen LogP contribution in [0.5, 0.6) is 0 Å². The monoisotopic (exact) mass is 235 g/mol. The Morgan fingerprint density at radius 2 is 1.94 bits per heavy atom. The minimum Gasteiger partial charge on any atom is -0.368 e. The Morgan fingerprint density at radius 1 is 1.38 bits per heavy atom. The third-order valence-corrected chi connectivity index (χ3v) is 2.48. The SMILES string of the molecule is CCCCC(N)C(=O)N[C@H](C(N)=O)C(C)C.[HH].[HH].[HH]. The molecule has 2 atom stereocenters. The number of amides is 2. The average molecular weight is 235 g/mol. The Hall–Kier alpha value is -1.10. The summed E-state index contributed by atoms with van der Waals surface area (Å²) in [7, 11) is 0. The van der Waals surface area contributed by atoms with Crippen LogP contribution in [0.1, 0.15) is 44.3 Å². The minimum absolute atomic E-state index is 0. The van der Waals surface area contributed by atoms with E-state index in [2.05, 4.69) is 5.32 Å². The summed E-state index contributed by atoms with van der Waals surface area (Å²) in [5.74, 6) is -0.850. The molecule has 2 amide bonds. The van der Waals surface area contributed by atoms with Crippen LogP contribution in [0.2, 0.25) is 0 Å². The fraction of sp³-hybridized carbons (Fsp3) is 0.818. The lowest BCUT2D eigenvalue weighted by atomic mass is 10.0. The molecular formula is C11H29N3O2. The van der Waals surface area contributed by atoms with Crippen molar-refractivity contribution in [1.82, 2.24) is 5.32 Å². The highest BCUT2D eigenvalue weighted by molar-refractivity contribution is 5.89. The van der Waals surface area contributed by atoms with Crippen molar-refractivity contribution in [2.45, 2.75) is 52.1 Å². The van der Waals surface area contributed by atoms with Crippen LogP contribution in [-0.2, 0) is 9.59 Å². The Kier molecular flexibility index (Phi) is 6.72. The van der Waals surface area contributed by atoms with Crippen molar-refractivity contribution in [2.24, 2.45) is 17.4 Å². The first kappa shape index (κ1) is 14.9. The lowest BCUT2D eigenvalue weighted by Gasteiger charge is -2.21. The van der Waals surface area contributed by atoms with Crippen molar-refractivity contribution in [2.75, 3.05) is 0 Å². The molecule has 0 saturated carbocycles. The Labute approximate surface area is 101 Å². The molecule has 0 bridgehead atoms. The Morgan fingerprint density at radius 3 is 2.31 bits per heavy atom. The van der Waals surface area contributed by atoms with Crippen LogP contribution < -0.4 is 16.8 Å². The van der Waals surface area contributed by atoms with Crippen molar-refractivity contribution < 1.29 is 13.9 Å². The van der Waals surface area contributed by atoms with Gasteiger partial charge in [0.15, 0.2) is 0 Å². The highest BCUT2D eigenvalue weighted by Gasteiger charge is 2.23. The van der Waals surface area contributed by atoms with E-state index >= 15 is 0 Å². The molecule has 0 fully saturated rings. The van der Waals surface area contributed by atoms with E-state index in [4.69, 9.17) is 11.5 Å². The maximum atomic E-state index is 11.6. The maximum absolute atomic E-state index is 11.6. The number of rotatable bonds is 7. The molecule has 0 aliphatic rings. The number of hydrogen-bond acceptors (Lipinski definition) is 3. The molecule has 100 valence electrons. The van der Waals surface area contributed by atoms with Gasteiger partial charge in [-0.2, -0.15) is 0 Å². The van der Waals surface area contributed by atoms with Crippen molar-refractivity contribution in [3.05, 3.63) is 0 Å². The largest absolute Gasteiger partial charge is 0.368 e. The van der Waals surface area contributed by atoms with Crippen molar-refractivity contribution >= 4 is 11.8 Å². The van der Waals surface area contributed by atoms with E-state index < -0.39 is 18.0 Å². The number of nitrogens with one attached hydrogen (secondary N) is 1. The fourth-order valence-electron chi connectivity index (χ4n) is 1.38. The number of carbonyl (C=O) groups excluding carboxylic acids is 2. The molecule has 0 radical (unpaired) electrons. The molecule has 0 aromatic rings. The quantitative estimate of drug-likeness (QED) is 0.610. The van der Waals surface area contributed by atoms with E-state index in [0.717, 1.165) is 12.8 Å². The lowest BCUT2D eigenvalue weighted by molar-refractivity contribution is -0.129. The first-order valence-corrected chi connectivity index (χ1v) is 5.75. The molecule has 5 nitrogen and oxygen atoms in total. The van der Waals surface area contributed by atoms with E-state index in [9.17, 15) is 9.59 Å². The molecule has 0 spiro atoms. The smallest absolute Gasteiger partial charge is 0.240 e. The van der Waals surface area contributed by atoms with Gasteiger partial charge in [-0.25, -0.2) is 0 Å². The summed E-state index contributed by atoms with van der Waals surface area (Å²) in [6.45, 7) is 5.69. The molecular weight excluding hydrogens is 206 g/mol. The molecule has 0 aromatic carbocycles. The standard InChI is InChI=1S/C11H23N3O2.3H2/c1-4-5-6-8(12)11(16)14-9(7(2)3)10(13)15;;;/h7-9H,4-6,12H2,1-3H3,(H2,13,15)(H,14,16);3*1H/t8?,9-;;;/m0.../s1. The van der Waals surface area contributed by atoms with Gasteiger partial charge in [0.05, 0.1) is 6.04 Å². The van der Waals surface area contributed by atoms with Crippen LogP contribution in [-0.4, -0.2) is 23.9 Å². The summed E-state index contributed by atoms with van der Waals surface area (Å²) in [6.07, 6.45) is 2.52. The molecule has 5 N–H and O–H groups in total. The van der Waals surface area contributed by atoms with Crippen molar-refractivity contribution in [3.63, 3.8) is 0 Å². The van der Waals surface area contributed by atoms with E-state index in [1.165, 1.54) is 0 Å². The van der Waals surface area contributed by atoms with E-state index in [-0.39, 0.29) is 16.1 Å². The number of primary amides is 1. The predicted octanol–water partition coefficient (Wildman–Crippen LogP) is 0.868. The molecule has 1 unspecified atom stereocenters. The second-order valence-corrected chi connectivity index (χ2v) is 4.38. The first-order chi connectivity index (χ1) is 7.40. The van der Waals surface area contributed by atoms with Gasteiger partial charge in [0, 0.05) is 4.28 Å². The molecule has 0 heterocycles. The molecule has 0 aliphatic heterocycles. The number of nitrogens with two attached hydrogens (primary N) is 2. The fourth-order valence-corrected chi connectivity index (χ4v) is 1.38. The lowest BCUT2D eigenvalue weighted by Crippen LogP contribution is -2.52. The highest BCUT2D eigenvalue weighted by Crippen LogP contribution is 2.03. The average Bonchev–Trinajstić information content (AvgIpc) is 2.20. The van der Waals surface area contributed by atoms with Crippen LogP contribution in [0.4, 0.5) is 0 Å². The van der Waals surface area contributed by atoms with E-state index in [1.54, 1.807) is 0 Å². The van der Waals surface area contributed by atoms with Gasteiger partial charge < -0.3 is 16.8 Å². The number of hydrogen-bond donors (Lipinski definition) is 3. The zero-order valence-corrected chi connectivity index (χ0v) is 10.3. The summed E-state index contributed by atoms with van der Waals surface area (Å²) in [6, 6.07) is -1.19. The van der Waals surface area contributed by atoms with Crippen LogP contribution in [0.15, 0.2) is 0 Å². The second-order valence-electron chi connectivity index (χ2n) is 4.38. The van der Waals surface area contributed by atoms with Crippen LogP contribution in [0, 0.1) is 5.92 Å². The normalized spacial score (nSPS) is 14.6. The maximum Gasteiger partial charge on any atom is 0.240 e.